The predicted molar refractivity (Wildman–Crippen MR) is 68.8 cm³/mol. The maximum atomic E-state index is 11.6. The molecule has 18 heavy (non-hydrogen) atoms. The summed E-state index contributed by atoms with van der Waals surface area (Å²) in [6.07, 6.45) is 0. The van der Waals surface area contributed by atoms with Crippen LogP contribution in [0.2, 0.25) is 0 Å². The molecule has 1 unspecified atom stereocenters. The lowest BCUT2D eigenvalue weighted by Gasteiger charge is -2.09. The van der Waals surface area contributed by atoms with Gasteiger partial charge in [-0.1, -0.05) is 13.0 Å². The minimum atomic E-state index is -0.164. The Hall–Kier alpha value is -1.88. The number of nitrogens with zero attached hydrogens (tertiary/aromatic N) is 1. The van der Waals surface area contributed by atoms with E-state index in [2.05, 4.69) is 10.3 Å². The summed E-state index contributed by atoms with van der Waals surface area (Å²) in [5.74, 6) is 0.444. The highest BCUT2D eigenvalue weighted by Gasteiger charge is 2.10. The lowest BCUT2D eigenvalue weighted by atomic mass is 10.1. The summed E-state index contributed by atoms with van der Waals surface area (Å²) in [4.78, 5) is 15.8. The molecule has 1 aromatic carbocycles. The van der Waals surface area contributed by atoms with Gasteiger partial charge in [0.15, 0.2) is 11.5 Å². The topological polar surface area (TPSA) is 81.2 Å². The lowest BCUT2D eigenvalue weighted by Crippen LogP contribution is -2.32. The molecule has 1 atom stereocenters. The number of amides is 1. The second-order valence-electron chi connectivity index (χ2n) is 4.39. The van der Waals surface area contributed by atoms with Gasteiger partial charge in [0.2, 0.25) is 5.91 Å². The second-order valence-corrected chi connectivity index (χ2v) is 4.39. The number of aromatic nitrogens is 1. The maximum Gasteiger partial charge on any atom is 0.224 e. The van der Waals surface area contributed by atoms with Gasteiger partial charge >= 0.3 is 0 Å². The molecule has 0 saturated carbocycles. The molecular formula is C13H17N3O2. The first-order valence-electron chi connectivity index (χ1n) is 5.94. The van der Waals surface area contributed by atoms with E-state index in [1.165, 1.54) is 0 Å². The molecule has 0 aliphatic heterocycles. The third-order valence-corrected chi connectivity index (χ3v) is 2.83. The molecule has 0 saturated heterocycles. The van der Waals surface area contributed by atoms with Crippen molar-refractivity contribution in [3.63, 3.8) is 0 Å². The molecule has 1 heterocycles. The van der Waals surface area contributed by atoms with Crippen LogP contribution >= 0.6 is 0 Å². The van der Waals surface area contributed by atoms with Gasteiger partial charge in [-0.05, 0) is 17.7 Å². The number of oxazole rings is 1. The lowest BCUT2D eigenvalue weighted by molar-refractivity contribution is -0.124. The third-order valence-electron chi connectivity index (χ3n) is 2.83. The predicted octanol–water partition coefficient (Wildman–Crippen LogP) is 1.35. The fourth-order valence-electron chi connectivity index (χ4n) is 1.67. The van der Waals surface area contributed by atoms with Crippen molar-refractivity contribution in [2.24, 2.45) is 11.7 Å². The Morgan fingerprint density at radius 2 is 2.33 bits per heavy atom. The van der Waals surface area contributed by atoms with Crippen LogP contribution < -0.4 is 11.1 Å². The first kappa shape index (κ1) is 12.6. The number of carbonyl (C=O) groups excluding carboxylic acids is 1. The van der Waals surface area contributed by atoms with Gasteiger partial charge in [-0.15, -0.1) is 0 Å². The highest BCUT2D eigenvalue weighted by atomic mass is 16.3. The van der Waals surface area contributed by atoms with Gasteiger partial charge in [0.1, 0.15) is 5.52 Å². The summed E-state index contributed by atoms with van der Waals surface area (Å²) in [5, 5.41) is 2.84. The fourth-order valence-corrected chi connectivity index (χ4v) is 1.67. The van der Waals surface area contributed by atoms with Crippen LogP contribution in [0, 0.1) is 12.8 Å². The molecule has 1 aromatic heterocycles. The van der Waals surface area contributed by atoms with Crippen molar-refractivity contribution >= 4 is 17.0 Å². The maximum absolute atomic E-state index is 11.6. The Kier molecular flexibility index (Phi) is 3.62. The molecule has 2 rings (SSSR count). The molecular weight excluding hydrogens is 230 g/mol. The summed E-state index contributed by atoms with van der Waals surface area (Å²) in [5.41, 5.74) is 8.00. The normalized spacial score (nSPS) is 12.6. The van der Waals surface area contributed by atoms with Gasteiger partial charge in [-0.2, -0.15) is 0 Å². The molecule has 0 aliphatic rings. The fraction of sp³-hybridized carbons (Fsp3) is 0.385. The van der Waals surface area contributed by atoms with Crippen molar-refractivity contribution in [3.8, 4) is 0 Å². The standard InChI is InChI=1S/C13H17N3O2/c1-8(6-14)13(17)15-7-10-3-4-12-11(5-10)16-9(2)18-12/h3-5,8H,6-7,14H2,1-2H3,(H,15,17). The van der Waals surface area contributed by atoms with Crippen LogP contribution in [0.4, 0.5) is 0 Å². The van der Waals surface area contributed by atoms with Gasteiger partial charge in [-0.3, -0.25) is 4.79 Å². The molecule has 2 aromatic rings. The Bertz CT molecular complexity index is 562. The van der Waals surface area contributed by atoms with Crippen molar-refractivity contribution in [1.82, 2.24) is 10.3 Å². The molecule has 1 amide bonds. The molecule has 5 nitrogen and oxygen atoms in total. The minimum absolute atomic E-state index is 0.0334. The van der Waals surface area contributed by atoms with Crippen LogP contribution in [0.3, 0.4) is 0 Å². The van der Waals surface area contributed by atoms with Crippen LogP contribution in [0.15, 0.2) is 22.6 Å². The minimum Gasteiger partial charge on any atom is -0.441 e. The van der Waals surface area contributed by atoms with Gasteiger partial charge < -0.3 is 15.5 Å². The average Bonchev–Trinajstić information content (AvgIpc) is 2.74. The summed E-state index contributed by atoms with van der Waals surface area (Å²) >= 11 is 0. The van der Waals surface area contributed by atoms with E-state index >= 15 is 0 Å². The van der Waals surface area contributed by atoms with Crippen molar-refractivity contribution in [3.05, 3.63) is 29.7 Å². The van der Waals surface area contributed by atoms with E-state index in [0.717, 1.165) is 16.7 Å². The SMILES string of the molecule is Cc1nc2cc(CNC(=O)C(C)CN)ccc2o1. The van der Waals surface area contributed by atoms with Crippen molar-refractivity contribution in [1.29, 1.82) is 0 Å². The first-order chi connectivity index (χ1) is 8.60. The van der Waals surface area contributed by atoms with E-state index < -0.39 is 0 Å². The van der Waals surface area contributed by atoms with E-state index in [-0.39, 0.29) is 11.8 Å². The molecule has 5 heteroatoms. The van der Waals surface area contributed by atoms with Gasteiger partial charge in [0.05, 0.1) is 0 Å². The number of hydrogen-bond acceptors (Lipinski definition) is 4. The zero-order chi connectivity index (χ0) is 13.1. The molecule has 0 radical (unpaired) electrons. The molecule has 0 spiro atoms. The number of fused-ring (bicyclic) bond motifs is 1. The number of benzene rings is 1. The first-order valence-corrected chi connectivity index (χ1v) is 5.94. The van der Waals surface area contributed by atoms with Crippen molar-refractivity contribution in [2.75, 3.05) is 6.54 Å². The number of nitrogens with one attached hydrogen (secondary N) is 1. The smallest absolute Gasteiger partial charge is 0.224 e. The third kappa shape index (κ3) is 2.68. The average molecular weight is 247 g/mol. The Morgan fingerprint density at radius 3 is 3.06 bits per heavy atom. The number of aryl methyl sites for hydroxylation is 1. The van der Waals surface area contributed by atoms with Crippen LogP contribution in [0.25, 0.3) is 11.1 Å². The van der Waals surface area contributed by atoms with Gasteiger partial charge in [0.25, 0.3) is 0 Å². The number of carbonyl (C=O) groups is 1. The molecule has 3 N–H and O–H groups in total. The summed E-state index contributed by atoms with van der Waals surface area (Å²) in [6.45, 7) is 4.45. The van der Waals surface area contributed by atoms with Crippen LogP contribution in [-0.4, -0.2) is 17.4 Å². The number of nitrogens with two attached hydrogens (primary N) is 1. The summed E-state index contributed by atoms with van der Waals surface area (Å²) in [7, 11) is 0. The second kappa shape index (κ2) is 5.18. The van der Waals surface area contributed by atoms with E-state index in [4.69, 9.17) is 10.2 Å². The van der Waals surface area contributed by atoms with Crippen LogP contribution in [-0.2, 0) is 11.3 Å². The highest BCUT2D eigenvalue weighted by Crippen LogP contribution is 2.16. The largest absolute Gasteiger partial charge is 0.441 e. The summed E-state index contributed by atoms with van der Waals surface area (Å²) in [6, 6.07) is 5.70. The zero-order valence-corrected chi connectivity index (χ0v) is 10.6. The van der Waals surface area contributed by atoms with E-state index in [1.807, 2.05) is 25.1 Å². The van der Waals surface area contributed by atoms with Crippen LogP contribution in [0.1, 0.15) is 18.4 Å². The van der Waals surface area contributed by atoms with Gasteiger partial charge in [-0.25, -0.2) is 4.98 Å². The Labute approximate surface area is 105 Å². The van der Waals surface area contributed by atoms with Crippen LogP contribution in [0.5, 0.6) is 0 Å². The zero-order valence-electron chi connectivity index (χ0n) is 10.6. The Morgan fingerprint density at radius 1 is 1.56 bits per heavy atom. The quantitative estimate of drug-likeness (QED) is 0.854. The monoisotopic (exact) mass is 247 g/mol. The van der Waals surface area contributed by atoms with E-state index in [9.17, 15) is 4.79 Å². The number of hydrogen-bond donors (Lipinski definition) is 2. The van der Waals surface area contributed by atoms with E-state index in [1.54, 1.807) is 6.92 Å². The molecule has 0 bridgehead atoms. The molecule has 96 valence electrons. The van der Waals surface area contributed by atoms with Crippen molar-refractivity contribution in [2.45, 2.75) is 20.4 Å². The van der Waals surface area contributed by atoms with Gasteiger partial charge in [0, 0.05) is 25.9 Å². The van der Waals surface area contributed by atoms with E-state index in [0.29, 0.717) is 19.0 Å². The highest BCUT2D eigenvalue weighted by molar-refractivity contribution is 5.78. The Balaban J connectivity index is 2.05. The summed E-state index contributed by atoms with van der Waals surface area (Å²) < 4.78 is 5.39. The number of rotatable bonds is 4. The molecule has 0 aliphatic carbocycles. The molecule has 0 fully saturated rings. The van der Waals surface area contributed by atoms with Crippen molar-refractivity contribution < 1.29 is 9.21 Å².